The Morgan fingerprint density at radius 2 is 2.24 bits per heavy atom. The third kappa shape index (κ3) is 3.12. The van der Waals surface area contributed by atoms with Crippen molar-refractivity contribution in [1.82, 2.24) is 10.2 Å². The van der Waals surface area contributed by atoms with Crippen LogP contribution in [0.2, 0.25) is 0 Å². The minimum Gasteiger partial charge on any atom is -0.481 e. The smallest absolute Gasteiger partial charge is 0.317 e. The lowest BCUT2D eigenvalue weighted by Crippen LogP contribution is -2.41. The largest absolute Gasteiger partial charge is 0.481 e. The van der Waals surface area contributed by atoms with Crippen LogP contribution in [0.1, 0.15) is 19.8 Å². The molecule has 0 radical (unpaired) electrons. The van der Waals surface area contributed by atoms with Crippen molar-refractivity contribution in [2.24, 2.45) is 5.41 Å². The van der Waals surface area contributed by atoms with Gasteiger partial charge in [-0.15, -0.1) is 0 Å². The second-order valence-corrected chi connectivity index (χ2v) is 4.82. The van der Waals surface area contributed by atoms with Gasteiger partial charge in [0.05, 0.1) is 12.0 Å². The summed E-state index contributed by atoms with van der Waals surface area (Å²) in [4.78, 5) is 24.4. The van der Waals surface area contributed by atoms with Crippen LogP contribution in [0.15, 0.2) is 11.6 Å². The van der Waals surface area contributed by atoms with Crippen LogP contribution in [-0.4, -0.2) is 41.6 Å². The summed E-state index contributed by atoms with van der Waals surface area (Å²) in [7, 11) is 0. The summed E-state index contributed by atoms with van der Waals surface area (Å²) in [6.07, 6.45) is 1.02. The Morgan fingerprint density at radius 1 is 1.59 bits per heavy atom. The minimum absolute atomic E-state index is 0.198. The molecule has 1 heterocycles. The van der Waals surface area contributed by atoms with E-state index in [1.165, 1.54) is 4.90 Å². The fourth-order valence-electron chi connectivity index (χ4n) is 1.94. The Labute approximate surface area is 105 Å². The van der Waals surface area contributed by atoms with E-state index in [1.807, 2.05) is 6.92 Å². The number of carboxylic acids is 1. The number of carbonyl (C=O) groups is 2. The first-order valence-electron chi connectivity index (χ1n) is 5.51. The lowest BCUT2D eigenvalue weighted by Gasteiger charge is -2.23. The summed E-state index contributed by atoms with van der Waals surface area (Å²) in [5.41, 5.74) is -0.796. The van der Waals surface area contributed by atoms with Gasteiger partial charge < -0.3 is 15.3 Å². The molecule has 6 heteroatoms. The Bertz CT molecular complexity index is 346. The number of carboxylic acid groups (broad SMARTS) is 1. The molecule has 0 spiro atoms. The van der Waals surface area contributed by atoms with E-state index in [9.17, 15) is 14.7 Å². The Hall–Kier alpha value is -1.23. The molecule has 0 saturated carbocycles. The first kappa shape index (κ1) is 13.8. The molecular formula is C11H17ClN2O3. The SMILES string of the molecule is C=C(Cl)CNC(=O)N1CCC(CC)(C(=O)O)C1. The molecule has 0 aromatic heterocycles. The van der Waals surface area contributed by atoms with Crippen molar-refractivity contribution < 1.29 is 14.7 Å². The Kier molecular flexibility index (Phi) is 4.40. The van der Waals surface area contributed by atoms with Crippen LogP contribution in [0.3, 0.4) is 0 Å². The highest BCUT2D eigenvalue weighted by Crippen LogP contribution is 2.34. The molecule has 1 aliphatic rings. The van der Waals surface area contributed by atoms with Crippen LogP contribution in [0.4, 0.5) is 4.79 Å². The number of amides is 2. The Balaban J connectivity index is 2.57. The monoisotopic (exact) mass is 260 g/mol. The third-order valence-corrected chi connectivity index (χ3v) is 3.34. The normalized spacial score (nSPS) is 23.5. The molecule has 1 rings (SSSR count). The van der Waals surface area contributed by atoms with Gasteiger partial charge in [-0.1, -0.05) is 25.1 Å². The van der Waals surface area contributed by atoms with Gasteiger partial charge in [-0.3, -0.25) is 4.79 Å². The van der Waals surface area contributed by atoms with E-state index in [4.69, 9.17) is 11.6 Å². The Morgan fingerprint density at radius 3 is 2.65 bits per heavy atom. The average molecular weight is 261 g/mol. The van der Waals surface area contributed by atoms with E-state index in [-0.39, 0.29) is 19.1 Å². The van der Waals surface area contributed by atoms with Crippen molar-refractivity contribution >= 4 is 23.6 Å². The van der Waals surface area contributed by atoms with Gasteiger partial charge in [0.1, 0.15) is 0 Å². The average Bonchev–Trinajstić information content (AvgIpc) is 2.71. The first-order valence-corrected chi connectivity index (χ1v) is 5.88. The van der Waals surface area contributed by atoms with Gasteiger partial charge in [0.2, 0.25) is 0 Å². The summed E-state index contributed by atoms with van der Waals surface area (Å²) in [6, 6.07) is -0.289. The number of urea groups is 1. The lowest BCUT2D eigenvalue weighted by molar-refractivity contribution is -0.148. The minimum atomic E-state index is -0.836. The molecule has 0 aliphatic carbocycles. The first-order chi connectivity index (χ1) is 7.91. The van der Waals surface area contributed by atoms with Gasteiger partial charge in [0, 0.05) is 18.1 Å². The van der Waals surface area contributed by atoms with Crippen molar-refractivity contribution in [2.75, 3.05) is 19.6 Å². The number of carbonyl (C=O) groups excluding carboxylic acids is 1. The van der Waals surface area contributed by atoms with Gasteiger partial charge in [-0.2, -0.15) is 0 Å². The zero-order valence-electron chi connectivity index (χ0n) is 9.83. The second kappa shape index (κ2) is 5.40. The van der Waals surface area contributed by atoms with Gasteiger partial charge >= 0.3 is 12.0 Å². The summed E-state index contributed by atoms with van der Waals surface area (Å²) in [6.45, 7) is 6.20. The number of hydrogen-bond donors (Lipinski definition) is 2. The molecule has 1 fully saturated rings. The zero-order chi connectivity index (χ0) is 13.1. The van der Waals surface area contributed by atoms with E-state index in [0.29, 0.717) is 24.4 Å². The fourth-order valence-corrected chi connectivity index (χ4v) is 2.01. The van der Waals surface area contributed by atoms with Crippen LogP contribution < -0.4 is 5.32 Å². The molecule has 2 amide bonds. The highest BCUT2D eigenvalue weighted by molar-refractivity contribution is 6.29. The highest BCUT2D eigenvalue weighted by Gasteiger charge is 2.44. The van der Waals surface area contributed by atoms with Crippen LogP contribution >= 0.6 is 11.6 Å². The van der Waals surface area contributed by atoms with E-state index in [0.717, 1.165) is 0 Å². The number of rotatable bonds is 4. The standard InChI is InChI=1S/C11H17ClN2O3/c1-3-11(9(15)16)4-5-14(7-11)10(17)13-6-8(2)12/h2-7H2,1H3,(H,13,17)(H,15,16). The molecular weight excluding hydrogens is 244 g/mol. The van der Waals surface area contributed by atoms with Crippen molar-refractivity contribution in [3.63, 3.8) is 0 Å². The molecule has 96 valence electrons. The summed E-state index contributed by atoms with van der Waals surface area (Å²) >= 11 is 5.54. The topological polar surface area (TPSA) is 69.6 Å². The van der Waals surface area contributed by atoms with Crippen molar-refractivity contribution in [1.29, 1.82) is 0 Å². The maximum atomic E-state index is 11.7. The van der Waals surface area contributed by atoms with Crippen LogP contribution in [-0.2, 0) is 4.79 Å². The molecule has 0 bridgehead atoms. The van der Waals surface area contributed by atoms with Crippen molar-refractivity contribution in [3.8, 4) is 0 Å². The number of halogens is 1. The lowest BCUT2D eigenvalue weighted by atomic mass is 9.84. The maximum absolute atomic E-state index is 11.7. The van der Waals surface area contributed by atoms with E-state index >= 15 is 0 Å². The maximum Gasteiger partial charge on any atom is 0.317 e. The van der Waals surface area contributed by atoms with Gasteiger partial charge in [-0.05, 0) is 12.8 Å². The molecule has 0 aromatic rings. The summed E-state index contributed by atoms with van der Waals surface area (Å²) in [5.74, 6) is -0.836. The molecule has 1 aliphatic heterocycles. The quantitative estimate of drug-likeness (QED) is 0.807. The summed E-state index contributed by atoms with van der Waals surface area (Å²) < 4.78 is 0. The second-order valence-electron chi connectivity index (χ2n) is 4.29. The van der Waals surface area contributed by atoms with Crippen molar-refractivity contribution in [3.05, 3.63) is 11.6 Å². The molecule has 5 nitrogen and oxygen atoms in total. The van der Waals surface area contributed by atoms with Gasteiger partial charge in [-0.25, -0.2) is 4.79 Å². The predicted octanol–water partition coefficient (Wildman–Crippen LogP) is 1.64. The number of aliphatic carboxylic acids is 1. The zero-order valence-corrected chi connectivity index (χ0v) is 10.6. The molecule has 1 unspecified atom stereocenters. The molecule has 17 heavy (non-hydrogen) atoms. The van der Waals surface area contributed by atoms with Gasteiger partial charge in [0.25, 0.3) is 0 Å². The van der Waals surface area contributed by atoms with E-state index < -0.39 is 11.4 Å². The molecule has 0 aromatic carbocycles. The molecule has 2 N–H and O–H groups in total. The molecule has 1 atom stereocenters. The van der Waals surface area contributed by atoms with Crippen LogP contribution in [0.25, 0.3) is 0 Å². The fraction of sp³-hybridized carbons (Fsp3) is 0.636. The van der Waals surface area contributed by atoms with Gasteiger partial charge in [0.15, 0.2) is 0 Å². The molecule has 1 saturated heterocycles. The predicted molar refractivity (Wildman–Crippen MR) is 64.9 cm³/mol. The summed E-state index contributed by atoms with van der Waals surface area (Å²) in [5, 5.41) is 12.1. The number of nitrogens with zero attached hydrogens (tertiary/aromatic N) is 1. The number of nitrogens with one attached hydrogen (secondary N) is 1. The van der Waals surface area contributed by atoms with Crippen molar-refractivity contribution in [2.45, 2.75) is 19.8 Å². The highest BCUT2D eigenvalue weighted by atomic mass is 35.5. The van der Waals surface area contributed by atoms with Crippen LogP contribution in [0.5, 0.6) is 0 Å². The number of hydrogen-bond acceptors (Lipinski definition) is 2. The van der Waals surface area contributed by atoms with Crippen LogP contribution in [0, 0.1) is 5.41 Å². The van der Waals surface area contributed by atoms with E-state index in [1.54, 1.807) is 0 Å². The van der Waals surface area contributed by atoms with E-state index in [2.05, 4.69) is 11.9 Å². The third-order valence-electron chi connectivity index (χ3n) is 3.20. The number of likely N-dealkylation sites (tertiary alicyclic amines) is 1.